The van der Waals surface area contributed by atoms with Crippen molar-refractivity contribution in [2.24, 2.45) is 5.41 Å². The van der Waals surface area contributed by atoms with Crippen LogP contribution in [0, 0.1) is 5.41 Å². The van der Waals surface area contributed by atoms with Crippen molar-refractivity contribution in [2.75, 3.05) is 20.0 Å². The molecule has 3 aliphatic rings. The average Bonchev–Trinajstić information content (AvgIpc) is 3.19. The van der Waals surface area contributed by atoms with Crippen LogP contribution in [0.1, 0.15) is 59.3 Å². The molecule has 4 atom stereocenters. The van der Waals surface area contributed by atoms with Crippen LogP contribution in [0.5, 0.6) is 0 Å². The summed E-state index contributed by atoms with van der Waals surface area (Å²) in [6.45, 7) is 6.87. The van der Waals surface area contributed by atoms with Crippen molar-refractivity contribution in [1.82, 2.24) is 0 Å². The molecule has 6 nitrogen and oxygen atoms in total. The smallest absolute Gasteiger partial charge is 0.311 e. The Balaban J connectivity index is 1.43. The molecule has 25 heavy (non-hydrogen) atoms. The first-order valence-corrected chi connectivity index (χ1v) is 9.69. The molecule has 3 rings (SSSR count). The molecule has 2 heterocycles. The van der Waals surface area contributed by atoms with Gasteiger partial charge in [0.2, 0.25) is 0 Å². The molecule has 4 unspecified atom stereocenters. The number of hydrogen-bond acceptors (Lipinski definition) is 6. The van der Waals surface area contributed by atoms with Crippen LogP contribution >= 0.6 is 0 Å². The molecule has 2 saturated heterocycles. The van der Waals surface area contributed by atoms with E-state index >= 15 is 0 Å². The first-order chi connectivity index (χ1) is 12.0. The van der Waals surface area contributed by atoms with Gasteiger partial charge in [-0.05, 0) is 33.1 Å². The van der Waals surface area contributed by atoms with E-state index in [1.54, 1.807) is 0 Å². The van der Waals surface area contributed by atoms with E-state index in [9.17, 15) is 4.79 Å². The number of ether oxygens (including phenoxy) is 5. The van der Waals surface area contributed by atoms with Crippen LogP contribution in [-0.4, -0.2) is 56.5 Å². The van der Waals surface area contributed by atoms with Gasteiger partial charge in [0.15, 0.2) is 6.10 Å². The molecular weight excluding hydrogens is 324 g/mol. The van der Waals surface area contributed by atoms with E-state index in [1.165, 1.54) is 19.3 Å². The lowest BCUT2D eigenvalue weighted by molar-refractivity contribution is -0.165. The Morgan fingerprint density at radius 3 is 2.32 bits per heavy atom. The highest BCUT2D eigenvalue weighted by Crippen LogP contribution is 2.32. The standard InChI is InChI=1S/C19H32O6/c1-4-19(2,3)18(20)25-15-11-22-16-14(10-21-17(15)16)24-12-23-13-8-6-5-7-9-13/h13-17H,4-12H2,1-3H3. The molecule has 0 radical (unpaired) electrons. The lowest BCUT2D eigenvalue weighted by Crippen LogP contribution is -2.38. The molecule has 1 saturated carbocycles. The molecule has 2 aliphatic heterocycles. The van der Waals surface area contributed by atoms with E-state index in [-0.39, 0.29) is 37.2 Å². The molecule has 3 fully saturated rings. The second kappa shape index (κ2) is 8.33. The van der Waals surface area contributed by atoms with Crippen molar-refractivity contribution in [1.29, 1.82) is 0 Å². The van der Waals surface area contributed by atoms with Crippen LogP contribution in [-0.2, 0) is 28.5 Å². The molecule has 0 aromatic carbocycles. The highest BCUT2D eigenvalue weighted by atomic mass is 16.7. The molecule has 0 aromatic rings. The minimum absolute atomic E-state index is 0.156. The molecule has 0 spiro atoms. The fraction of sp³-hybridized carbons (Fsp3) is 0.947. The van der Waals surface area contributed by atoms with Gasteiger partial charge in [0.1, 0.15) is 25.1 Å². The van der Waals surface area contributed by atoms with Gasteiger partial charge < -0.3 is 23.7 Å². The van der Waals surface area contributed by atoms with Crippen molar-refractivity contribution < 1.29 is 28.5 Å². The summed E-state index contributed by atoms with van der Waals surface area (Å²) in [6, 6.07) is 0. The van der Waals surface area contributed by atoms with E-state index < -0.39 is 5.41 Å². The number of fused-ring (bicyclic) bond motifs is 1. The maximum Gasteiger partial charge on any atom is 0.311 e. The lowest BCUT2D eigenvalue weighted by Gasteiger charge is -2.24. The predicted octanol–water partition coefficient (Wildman–Crippen LogP) is 2.82. The zero-order chi connectivity index (χ0) is 17.9. The molecule has 0 amide bonds. The van der Waals surface area contributed by atoms with Crippen molar-refractivity contribution in [2.45, 2.75) is 89.8 Å². The number of carbonyl (C=O) groups excluding carboxylic acids is 1. The van der Waals surface area contributed by atoms with E-state index in [0.29, 0.717) is 19.3 Å². The van der Waals surface area contributed by atoms with Gasteiger partial charge in [0.05, 0.1) is 24.7 Å². The molecular formula is C19H32O6. The summed E-state index contributed by atoms with van der Waals surface area (Å²) in [5, 5.41) is 0. The van der Waals surface area contributed by atoms with Gasteiger partial charge in [-0.1, -0.05) is 26.2 Å². The summed E-state index contributed by atoms with van der Waals surface area (Å²) in [6.07, 6.45) is 6.17. The van der Waals surface area contributed by atoms with E-state index in [0.717, 1.165) is 19.3 Å². The Labute approximate surface area is 150 Å². The van der Waals surface area contributed by atoms with Crippen LogP contribution in [0.25, 0.3) is 0 Å². The summed E-state index contributed by atoms with van der Waals surface area (Å²) in [4.78, 5) is 12.3. The van der Waals surface area contributed by atoms with E-state index in [2.05, 4.69) is 0 Å². The molecule has 144 valence electrons. The van der Waals surface area contributed by atoms with Gasteiger partial charge in [-0.3, -0.25) is 4.79 Å². The minimum atomic E-state index is -0.486. The Morgan fingerprint density at radius 2 is 1.64 bits per heavy atom. The van der Waals surface area contributed by atoms with E-state index in [1.807, 2.05) is 20.8 Å². The van der Waals surface area contributed by atoms with E-state index in [4.69, 9.17) is 23.7 Å². The van der Waals surface area contributed by atoms with Crippen LogP contribution in [0.3, 0.4) is 0 Å². The van der Waals surface area contributed by atoms with Crippen molar-refractivity contribution >= 4 is 5.97 Å². The first kappa shape index (κ1) is 19.1. The second-order valence-electron chi connectivity index (χ2n) is 8.03. The Kier molecular flexibility index (Phi) is 6.36. The zero-order valence-electron chi connectivity index (χ0n) is 15.7. The maximum atomic E-state index is 12.3. The summed E-state index contributed by atoms with van der Waals surface area (Å²) >= 11 is 0. The Morgan fingerprint density at radius 1 is 1.00 bits per heavy atom. The SMILES string of the molecule is CCC(C)(C)C(=O)OC1COC2C(OCOC3CCCCC3)COC12. The quantitative estimate of drug-likeness (QED) is 0.516. The monoisotopic (exact) mass is 356 g/mol. The third-order valence-electron chi connectivity index (χ3n) is 5.80. The minimum Gasteiger partial charge on any atom is -0.457 e. The topological polar surface area (TPSA) is 63.2 Å². The molecule has 0 aromatic heterocycles. The molecule has 6 heteroatoms. The fourth-order valence-electron chi connectivity index (χ4n) is 3.57. The second-order valence-corrected chi connectivity index (χ2v) is 8.03. The normalized spacial score (nSPS) is 33.4. The van der Waals surface area contributed by atoms with Crippen molar-refractivity contribution in [3.8, 4) is 0 Å². The third kappa shape index (κ3) is 4.54. The van der Waals surface area contributed by atoms with Crippen LogP contribution in [0.4, 0.5) is 0 Å². The number of esters is 1. The largest absolute Gasteiger partial charge is 0.457 e. The van der Waals surface area contributed by atoms with Crippen LogP contribution in [0.15, 0.2) is 0 Å². The predicted molar refractivity (Wildman–Crippen MR) is 91.1 cm³/mol. The van der Waals surface area contributed by atoms with Gasteiger partial charge in [-0.15, -0.1) is 0 Å². The summed E-state index contributed by atoms with van der Waals surface area (Å²) in [7, 11) is 0. The molecule has 0 N–H and O–H groups in total. The summed E-state index contributed by atoms with van der Waals surface area (Å²) < 4.78 is 28.9. The lowest BCUT2D eigenvalue weighted by atomic mass is 9.90. The zero-order valence-corrected chi connectivity index (χ0v) is 15.7. The van der Waals surface area contributed by atoms with Crippen LogP contribution < -0.4 is 0 Å². The highest BCUT2D eigenvalue weighted by molar-refractivity contribution is 5.76. The Hall–Kier alpha value is -0.690. The Bertz CT molecular complexity index is 445. The van der Waals surface area contributed by atoms with Crippen molar-refractivity contribution in [3.63, 3.8) is 0 Å². The number of rotatable bonds is 7. The first-order valence-electron chi connectivity index (χ1n) is 9.69. The number of hydrogen-bond donors (Lipinski definition) is 0. The fourth-order valence-corrected chi connectivity index (χ4v) is 3.57. The van der Waals surface area contributed by atoms with Crippen LogP contribution in [0.2, 0.25) is 0 Å². The van der Waals surface area contributed by atoms with Gasteiger partial charge in [0, 0.05) is 0 Å². The van der Waals surface area contributed by atoms with Gasteiger partial charge >= 0.3 is 5.97 Å². The molecule has 1 aliphatic carbocycles. The number of carbonyl (C=O) groups is 1. The molecule has 0 bridgehead atoms. The van der Waals surface area contributed by atoms with Gasteiger partial charge in [-0.2, -0.15) is 0 Å². The highest BCUT2D eigenvalue weighted by Gasteiger charge is 2.50. The van der Waals surface area contributed by atoms with Gasteiger partial charge in [-0.25, -0.2) is 0 Å². The summed E-state index contributed by atoms with van der Waals surface area (Å²) in [5.74, 6) is -0.196. The van der Waals surface area contributed by atoms with Gasteiger partial charge in [0.25, 0.3) is 0 Å². The van der Waals surface area contributed by atoms with Crippen molar-refractivity contribution in [3.05, 3.63) is 0 Å². The third-order valence-corrected chi connectivity index (χ3v) is 5.80. The summed E-state index contributed by atoms with van der Waals surface area (Å²) in [5.41, 5.74) is -0.486. The average molecular weight is 356 g/mol. The maximum absolute atomic E-state index is 12.3.